The maximum atomic E-state index is 12.5. The van der Waals surface area contributed by atoms with Gasteiger partial charge in [-0.15, -0.1) is 11.3 Å². The number of carbonyl (C=O) groups is 3. The van der Waals surface area contributed by atoms with Crippen molar-refractivity contribution in [1.82, 2.24) is 4.90 Å². The number of amides is 2. The molecule has 6 nitrogen and oxygen atoms in total. The van der Waals surface area contributed by atoms with E-state index in [1.807, 2.05) is 23.6 Å². The van der Waals surface area contributed by atoms with Crippen molar-refractivity contribution in [3.63, 3.8) is 0 Å². The van der Waals surface area contributed by atoms with Gasteiger partial charge < -0.3 is 15.2 Å². The fourth-order valence-electron chi connectivity index (χ4n) is 2.58. The summed E-state index contributed by atoms with van der Waals surface area (Å²) in [7, 11) is 0. The van der Waals surface area contributed by atoms with Crippen molar-refractivity contribution in [3.8, 4) is 0 Å². The van der Waals surface area contributed by atoms with Crippen molar-refractivity contribution in [1.29, 1.82) is 0 Å². The number of thiocarbonyl (C=S) groups is 1. The molecule has 1 aliphatic rings. The zero-order valence-corrected chi connectivity index (χ0v) is 17.0. The first-order valence-corrected chi connectivity index (χ1v) is 10.5. The lowest BCUT2D eigenvalue weighted by molar-refractivity contribution is -0.254. The Morgan fingerprint density at radius 3 is 2.71 bits per heavy atom. The molecule has 1 aromatic heterocycles. The number of thioether (sulfide) groups is 1. The predicted molar refractivity (Wildman–Crippen MR) is 113 cm³/mol. The van der Waals surface area contributed by atoms with Gasteiger partial charge in [0.1, 0.15) is 4.32 Å². The highest BCUT2D eigenvalue weighted by molar-refractivity contribution is 8.26. The van der Waals surface area contributed by atoms with E-state index < -0.39 is 5.97 Å². The second kappa shape index (κ2) is 9.13. The summed E-state index contributed by atoms with van der Waals surface area (Å²) in [5, 5.41) is 15.6. The molecule has 2 amide bonds. The van der Waals surface area contributed by atoms with E-state index in [0.29, 0.717) is 22.2 Å². The number of nitrogens with one attached hydrogen (secondary N) is 1. The summed E-state index contributed by atoms with van der Waals surface area (Å²) in [6.45, 7) is 0.321. The minimum atomic E-state index is -1.36. The van der Waals surface area contributed by atoms with Crippen LogP contribution in [0.15, 0.2) is 46.7 Å². The number of anilines is 1. The number of hydrogen-bond donors (Lipinski definition) is 1. The average Bonchev–Trinajstić information content (AvgIpc) is 3.26. The van der Waals surface area contributed by atoms with E-state index >= 15 is 0 Å². The molecule has 1 aliphatic heterocycles. The molecule has 1 saturated heterocycles. The lowest BCUT2D eigenvalue weighted by Gasteiger charge is -2.15. The van der Waals surface area contributed by atoms with Gasteiger partial charge in [-0.2, -0.15) is 0 Å². The van der Waals surface area contributed by atoms with Crippen molar-refractivity contribution in [2.24, 2.45) is 0 Å². The first-order chi connectivity index (χ1) is 13.5. The van der Waals surface area contributed by atoms with Crippen LogP contribution < -0.4 is 10.4 Å². The van der Waals surface area contributed by atoms with Crippen LogP contribution in [0.4, 0.5) is 5.69 Å². The first kappa shape index (κ1) is 20.2. The van der Waals surface area contributed by atoms with E-state index in [2.05, 4.69) is 5.32 Å². The zero-order valence-electron chi connectivity index (χ0n) is 14.5. The standard InChI is InChI=1S/C19H16N2O4S3/c22-16(20-14-7-2-1-6-13(14)18(24)25)8-3-9-21-17(23)15(28-19(21)26)11-12-5-4-10-27-12/h1-2,4-7,10-11H,3,8-9H2,(H,20,22)(H,24,25)/p-1/b15-11-. The molecule has 9 heteroatoms. The van der Waals surface area contributed by atoms with Gasteiger partial charge in [0.2, 0.25) is 5.91 Å². The number of nitrogens with zero attached hydrogens (tertiary/aromatic N) is 1. The number of benzene rings is 1. The number of rotatable bonds is 7. The SMILES string of the molecule is O=C(CCCN1C(=O)/C(=C/c2cccs2)SC1=S)Nc1ccccc1C(=O)[O-]. The van der Waals surface area contributed by atoms with Crippen LogP contribution in [0.3, 0.4) is 0 Å². The summed E-state index contributed by atoms with van der Waals surface area (Å²) in [4.78, 5) is 38.7. The Kier molecular flexibility index (Phi) is 6.61. The van der Waals surface area contributed by atoms with Gasteiger partial charge in [-0.05, 0) is 30.0 Å². The molecule has 0 bridgehead atoms. The molecule has 2 aromatic rings. The van der Waals surface area contributed by atoms with Crippen LogP contribution in [0.1, 0.15) is 28.1 Å². The van der Waals surface area contributed by atoms with Crippen molar-refractivity contribution in [2.75, 3.05) is 11.9 Å². The van der Waals surface area contributed by atoms with Crippen LogP contribution in [0.2, 0.25) is 0 Å². The van der Waals surface area contributed by atoms with E-state index in [1.165, 1.54) is 40.1 Å². The maximum absolute atomic E-state index is 12.5. The number of carbonyl (C=O) groups excluding carboxylic acids is 3. The van der Waals surface area contributed by atoms with Gasteiger partial charge in [-0.3, -0.25) is 14.5 Å². The minimum absolute atomic E-state index is 0.0773. The van der Waals surface area contributed by atoms with Crippen LogP contribution in [-0.2, 0) is 9.59 Å². The molecule has 144 valence electrons. The van der Waals surface area contributed by atoms with Gasteiger partial charge in [-0.1, -0.05) is 48.2 Å². The van der Waals surface area contributed by atoms with E-state index in [-0.39, 0.29) is 29.5 Å². The molecular formula is C19H15N2O4S3-. The largest absolute Gasteiger partial charge is 0.545 e. The fourth-order valence-corrected chi connectivity index (χ4v) is 4.61. The fraction of sp³-hybridized carbons (Fsp3) is 0.158. The zero-order chi connectivity index (χ0) is 20.1. The average molecular weight is 432 g/mol. The Hall–Kier alpha value is -2.49. The molecule has 2 heterocycles. The lowest BCUT2D eigenvalue weighted by Crippen LogP contribution is -2.30. The van der Waals surface area contributed by atoms with Gasteiger partial charge in [0, 0.05) is 29.1 Å². The second-order valence-corrected chi connectivity index (χ2v) is 8.49. The molecule has 3 rings (SSSR count). The summed E-state index contributed by atoms with van der Waals surface area (Å²) < 4.78 is 0.468. The summed E-state index contributed by atoms with van der Waals surface area (Å²) >= 11 is 8.06. The minimum Gasteiger partial charge on any atom is -0.545 e. The third kappa shape index (κ3) is 4.86. The Bertz CT molecular complexity index is 954. The van der Waals surface area contributed by atoms with Crippen LogP contribution >= 0.6 is 35.3 Å². The third-order valence-electron chi connectivity index (χ3n) is 3.90. The number of carboxylic acids is 1. The normalized spacial score (nSPS) is 15.3. The highest BCUT2D eigenvalue weighted by atomic mass is 32.2. The Labute approximate surface area is 175 Å². The van der Waals surface area contributed by atoms with Crippen LogP contribution in [0.25, 0.3) is 6.08 Å². The molecule has 1 aromatic carbocycles. The Balaban J connectivity index is 1.54. The highest BCUT2D eigenvalue weighted by Gasteiger charge is 2.31. The van der Waals surface area contributed by atoms with Gasteiger partial charge in [0.25, 0.3) is 5.91 Å². The molecule has 0 atom stereocenters. The van der Waals surface area contributed by atoms with Gasteiger partial charge in [0.15, 0.2) is 0 Å². The molecule has 0 aliphatic carbocycles. The summed E-state index contributed by atoms with van der Waals surface area (Å²) in [5.74, 6) is -1.86. The third-order valence-corrected chi connectivity index (χ3v) is 6.09. The second-order valence-electron chi connectivity index (χ2n) is 5.83. The van der Waals surface area contributed by atoms with Crippen molar-refractivity contribution < 1.29 is 19.5 Å². The molecule has 0 spiro atoms. The van der Waals surface area contributed by atoms with Gasteiger partial charge in [-0.25, -0.2) is 0 Å². The number of carboxylic acid groups (broad SMARTS) is 1. The number of para-hydroxylation sites is 1. The van der Waals surface area contributed by atoms with Crippen LogP contribution in [-0.4, -0.2) is 33.5 Å². The molecule has 1 N–H and O–H groups in total. The highest BCUT2D eigenvalue weighted by Crippen LogP contribution is 2.33. The predicted octanol–water partition coefficient (Wildman–Crippen LogP) is 2.73. The number of aromatic carboxylic acids is 1. The summed E-state index contributed by atoms with van der Waals surface area (Å²) in [6, 6.07) is 9.88. The Morgan fingerprint density at radius 1 is 1.21 bits per heavy atom. The van der Waals surface area contributed by atoms with Crippen molar-refractivity contribution in [3.05, 3.63) is 57.1 Å². The van der Waals surface area contributed by atoms with Gasteiger partial charge in [0.05, 0.1) is 10.9 Å². The quantitative estimate of drug-likeness (QED) is 0.536. The molecule has 0 radical (unpaired) electrons. The molecule has 0 saturated carbocycles. The van der Waals surface area contributed by atoms with Crippen molar-refractivity contribution >= 4 is 69.2 Å². The van der Waals surface area contributed by atoms with Crippen LogP contribution in [0.5, 0.6) is 0 Å². The topological polar surface area (TPSA) is 89.5 Å². The molecule has 0 unspecified atom stereocenters. The van der Waals surface area contributed by atoms with E-state index in [1.54, 1.807) is 12.1 Å². The van der Waals surface area contributed by atoms with E-state index in [0.717, 1.165) is 4.88 Å². The molecular weight excluding hydrogens is 416 g/mol. The first-order valence-electron chi connectivity index (χ1n) is 8.35. The smallest absolute Gasteiger partial charge is 0.266 e. The monoisotopic (exact) mass is 431 g/mol. The molecule has 28 heavy (non-hydrogen) atoms. The van der Waals surface area contributed by atoms with Crippen LogP contribution in [0, 0.1) is 0 Å². The summed E-state index contributed by atoms with van der Waals surface area (Å²) in [6.07, 6.45) is 2.34. The number of hydrogen-bond acceptors (Lipinski definition) is 7. The van der Waals surface area contributed by atoms with Gasteiger partial charge >= 0.3 is 0 Å². The number of thiophene rings is 1. The maximum Gasteiger partial charge on any atom is 0.266 e. The molecule has 1 fully saturated rings. The summed E-state index contributed by atoms with van der Waals surface area (Å²) in [5.41, 5.74) is 0.114. The van der Waals surface area contributed by atoms with E-state index in [4.69, 9.17) is 12.2 Å². The van der Waals surface area contributed by atoms with Crippen molar-refractivity contribution in [2.45, 2.75) is 12.8 Å². The lowest BCUT2D eigenvalue weighted by atomic mass is 10.1. The van der Waals surface area contributed by atoms with E-state index in [9.17, 15) is 19.5 Å². The Morgan fingerprint density at radius 2 is 2.00 bits per heavy atom.